The lowest BCUT2D eigenvalue weighted by molar-refractivity contribution is 0.0993. The van der Waals surface area contributed by atoms with Crippen molar-refractivity contribution in [3.05, 3.63) is 69.2 Å². The predicted octanol–water partition coefficient (Wildman–Crippen LogP) is 4.69. The molecule has 0 aliphatic rings. The fraction of sp³-hybridized carbons (Fsp3) is 0.235. The van der Waals surface area contributed by atoms with Crippen molar-refractivity contribution in [3.63, 3.8) is 0 Å². The van der Waals surface area contributed by atoms with Gasteiger partial charge >= 0.3 is 0 Å². The molecule has 0 radical (unpaired) electrons. The third kappa shape index (κ3) is 3.24. The number of ketones is 1. The van der Waals surface area contributed by atoms with E-state index in [1.54, 1.807) is 6.07 Å². The first-order valence-electron chi connectivity index (χ1n) is 6.33. The molecule has 0 saturated heterocycles. The van der Waals surface area contributed by atoms with Crippen molar-refractivity contribution in [1.82, 2.24) is 0 Å². The molecule has 19 heavy (non-hydrogen) atoms. The van der Waals surface area contributed by atoms with Crippen molar-refractivity contribution in [2.45, 2.75) is 27.2 Å². The quantitative estimate of drug-likeness (QED) is 0.741. The van der Waals surface area contributed by atoms with Crippen LogP contribution in [0.3, 0.4) is 0 Å². The van der Waals surface area contributed by atoms with Gasteiger partial charge in [0.15, 0.2) is 5.78 Å². The van der Waals surface area contributed by atoms with Crippen LogP contribution in [0.4, 0.5) is 0 Å². The van der Waals surface area contributed by atoms with Crippen LogP contribution in [0, 0.1) is 20.8 Å². The summed E-state index contributed by atoms with van der Waals surface area (Å²) in [5.41, 5.74) is 4.95. The van der Waals surface area contributed by atoms with Crippen molar-refractivity contribution < 1.29 is 4.79 Å². The topological polar surface area (TPSA) is 17.1 Å². The molecule has 0 spiro atoms. The lowest BCUT2D eigenvalue weighted by atomic mass is 9.99. The third-order valence-electron chi connectivity index (χ3n) is 3.14. The maximum absolute atomic E-state index is 12.3. The summed E-state index contributed by atoms with van der Waals surface area (Å²) in [5.74, 6) is 0.0682. The SMILES string of the molecule is Cc1cc(C)cc(CC(=O)c2cccc(C)c2Cl)c1. The van der Waals surface area contributed by atoms with Gasteiger partial charge in [-0.3, -0.25) is 4.79 Å². The minimum atomic E-state index is 0.0682. The first-order chi connectivity index (χ1) is 8.97. The molecule has 2 rings (SSSR count). The van der Waals surface area contributed by atoms with E-state index in [0.29, 0.717) is 17.0 Å². The van der Waals surface area contributed by atoms with E-state index >= 15 is 0 Å². The van der Waals surface area contributed by atoms with Crippen molar-refractivity contribution in [2.75, 3.05) is 0 Å². The Morgan fingerprint density at radius 2 is 1.68 bits per heavy atom. The molecule has 0 bridgehead atoms. The summed E-state index contributed by atoms with van der Waals surface area (Å²) in [7, 11) is 0. The molecule has 0 aliphatic heterocycles. The number of Topliss-reactive ketones (excluding diaryl/α,β-unsaturated/α-hetero) is 1. The summed E-state index contributed by atoms with van der Waals surface area (Å²) >= 11 is 6.20. The Hall–Kier alpha value is -1.60. The molecule has 0 aliphatic carbocycles. The third-order valence-corrected chi connectivity index (χ3v) is 3.64. The van der Waals surface area contributed by atoms with Crippen molar-refractivity contribution in [1.29, 1.82) is 0 Å². The molecule has 0 aromatic heterocycles. The van der Waals surface area contributed by atoms with Crippen LogP contribution in [0.15, 0.2) is 36.4 Å². The number of carbonyl (C=O) groups is 1. The predicted molar refractivity (Wildman–Crippen MR) is 80.1 cm³/mol. The first-order valence-corrected chi connectivity index (χ1v) is 6.70. The average molecular weight is 273 g/mol. The molecule has 0 N–H and O–H groups in total. The summed E-state index contributed by atoms with van der Waals surface area (Å²) < 4.78 is 0. The van der Waals surface area contributed by atoms with E-state index in [1.165, 1.54) is 11.1 Å². The van der Waals surface area contributed by atoms with Gasteiger partial charge in [-0.25, -0.2) is 0 Å². The van der Waals surface area contributed by atoms with Gasteiger partial charge in [0.25, 0.3) is 0 Å². The Balaban J connectivity index is 2.28. The minimum Gasteiger partial charge on any atom is -0.294 e. The molecule has 0 saturated carbocycles. The Kier molecular flexibility index (Phi) is 4.06. The van der Waals surface area contributed by atoms with E-state index in [9.17, 15) is 4.79 Å². The first kappa shape index (κ1) is 13.8. The number of rotatable bonds is 3. The second-order valence-electron chi connectivity index (χ2n) is 5.03. The molecular weight excluding hydrogens is 256 g/mol. The van der Waals surface area contributed by atoms with Crippen LogP contribution in [0.25, 0.3) is 0 Å². The zero-order chi connectivity index (χ0) is 14.0. The summed E-state index contributed by atoms with van der Waals surface area (Å²) in [4.78, 5) is 12.3. The van der Waals surface area contributed by atoms with Crippen LogP contribution in [0.5, 0.6) is 0 Å². The summed E-state index contributed by atoms with van der Waals surface area (Å²) in [6, 6.07) is 11.8. The number of carbonyl (C=O) groups excluding carboxylic acids is 1. The molecule has 98 valence electrons. The minimum absolute atomic E-state index is 0.0682. The molecule has 1 nitrogen and oxygen atoms in total. The van der Waals surface area contributed by atoms with Crippen LogP contribution in [0.2, 0.25) is 5.02 Å². The van der Waals surface area contributed by atoms with Gasteiger partial charge in [-0.15, -0.1) is 0 Å². The van der Waals surface area contributed by atoms with Crippen molar-refractivity contribution >= 4 is 17.4 Å². The number of hydrogen-bond donors (Lipinski definition) is 0. The van der Waals surface area contributed by atoms with E-state index in [0.717, 1.165) is 11.1 Å². The number of aryl methyl sites for hydroxylation is 3. The van der Waals surface area contributed by atoms with E-state index < -0.39 is 0 Å². The molecule has 0 unspecified atom stereocenters. The van der Waals surface area contributed by atoms with Gasteiger partial charge in [-0.2, -0.15) is 0 Å². The fourth-order valence-electron chi connectivity index (χ4n) is 2.31. The summed E-state index contributed by atoms with van der Waals surface area (Å²) in [6.07, 6.45) is 0.395. The largest absolute Gasteiger partial charge is 0.294 e. The maximum atomic E-state index is 12.3. The van der Waals surface area contributed by atoms with Gasteiger partial charge in [0.2, 0.25) is 0 Å². The summed E-state index contributed by atoms with van der Waals surface area (Å²) in [6.45, 7) is 6.00. The lowest BCUT2D eigenvalue weighted by Gasteiger charge is -2.07. The van der Waals surface area contributed by atoms with Gasteiger partial charge in [0.1, 0.15) is 0 Å². The number of halogens is 1. The van der Waals surface area contributed by atoms with Gasteiger partial charge in [-0.05, 0) is 38.0 Å². The molecule has 0 amide bonds. The monoisotopic (exact) mass is 272 g/mol. The highest BCUT2D eigenvalue weighted by molar-refractivity contribution is 6.34. The molecular formula is C17H17ClO. The number of benzene rings is 2. The van der Waals surface area contributed by atoms with Gasteiger partial charge in [-0.1, -0.05) is 53.1 Å². The smallest absolute Gasteiger partial charge is 0.168 e. The normalized spacial score (nSPS) is 10.5. The Bertz CT molecular complexity index is 609. The second kappa shape index (κ2) is 5.58. The maximum Gasteiger partial charge on any atom is 0.168 e. The van der Waals surface area contributed by atoms with E-state index in [4.69, 9.17) is 11.6 Å². The fourth-order valence-corrected chi connectivity index (χ4v) is 2.55. The van der Waals surface area contributed by atoms with Gasteiger partial charge in [0, 0.05) is 12.0 Å². The van der Waals surface area contributed by atoms with Gasteiger partial charge < -0.3 is 0 Å². The van der Waals surface area contributed by atoms with Crippen LogP contribution < -0.4 is 0 Å². The van der Waals surface area contributed by atoms with Crippen LogP contribution in [-0.2, 0) is 6.42 Å². The molecule has 0 heterocycles. The van der Waals surface area contributed by atoms with Crippen LogP contribution in [0.1, 0.15) is 32.6 Å². The number of hydrogen-bond acceptors (Lipinski definition) is 1. The van der Waals surface area contributed by atoms with Gasteiger partial charge in [0.05, 0.1) is 5.02 Å². The molecule has 2 aromatic carbocycles. The van der Waals surface area contributed by atoms with E-state index in [2.05, 4.69) is 18.2 Å². The molecule has 2 aromatic rings. The Morgan fingerprint density at radius 1 is 1.05 bits per heavy atom. The zero-order valence-corrected chi connectivity index (χ0v) is 12.2. The van der Waals surface area contributed by atoms with Crippen molar-refractivity contribution in [3.8, 4) is 0 Å². The molecule has 0 fully saturated rings. The summed E-state index contributed by atoms with van der Waals surface area (Å²) in [5, 5.41) is 0.567. The Morgan fingerprint density at radius 3 is 2.32 bits per heavy atom. The average Bonchev–Trinajstić information content (AvgIpc) is 2.31. The van der Waals surface area contributed by atoms with Crippen molar-refractivity contribution in [2.24, 2.45) is 0 Å². The van der Waals surface area contributed by atoms with E-state index in [-0.39, 0.29) is 5.78 Å². The highest BCUT2D eigenvalue weighted by Crippen LogP contribution is 2.22. The van der Waals surface area contributed by atoms with E-state index in [1.807, 2.05) is 32.9 Å². The molecule has 0 atom stereocenters. The lowest BCUT2D eigenvalue weighted by Crippen LogP contribution is -2.05. The zero-order valence-electron chi connectivity index (χ0n) is 11.5. The molecule has 2 heteroatoms. The highest BCUT2D eigenvalue weighted by Gasteiger charge is 2.12. The van der Waals surface area contributed by atoms with Crippen LogP contribution in [-0.4, -0.2) is 5.78 Å². The van der Waals surface area contributed by atoms with Crippen LogP contribution >= 0.6 is 11.6 Å². The Labute approximate surface area is 119 Å². The standard InChI is InChI=1S/C17H17ClO/c1-11-7-12(2)9-14(8-11)10-16(19)15-6-4-5-13(3)17(15)18/h4-9H,10H2,1-3H3. The second-order valence-corrected chi connectivity index (χ2v) is 5.41. The highest BCUT2D eigenvalue weighted by atomic mass is 35.5.